The molecule has 2 aromatic rings. The van der Waals surface area contributed by atoms with Gasteiger partial charge in [-0.15, -0.1) is 0 Å². The summed E-state index contributed by atoms with van der Waals surface area (Å²) >= 11 is 0. The van der Waals surface area contributed by atoms with Crippen LogP contribution in [0.25, 0.3) is 0 Å². The van der Waals surface area contributed by atoms with Crippen LogP contribution >= 0.6 is 0 Å². The zero-order valence-electron chi connectivity index (χ0n) is 11.5. The Balaban J connectivity index is 1.97. The molecule has 0 aliphatic carbocycles. The summed E-state index contributed by atoms with van der Waals surface area (Å²) < 4.78 is 29.4. The van der Waals surface area contributed by atoms with Crippen LogP contribution in [0, 0.1) is 11.6 Å². The summed E-state index contributed by atoms with van der Waals surface area (Å²) in [5, 5.41) is 3.26. The third-order valence-corrected chi connectivity index (χ3v) is 3.90. The largest absolute Gasteiger partial charge is 0.342 e. The molecule has 0 radical (unpaired) electrons. The van der Waals surface area contributed by atoms with Gasteiger partial charge in [0.25, 0.3) is 0 Å². The Morgan fingerprint density at radius 3 is 2.43 bits per heavy atom. The Kier molecular flexibility index (Phi) is 3.84. The molecule has 0 amide bonds. The fourth-order valence-corrected chi connectivity index (χ4v) is 2.83. The molecular weight excluding hydrogens is 274 g/mol. The maximum absolute atomic E-state index is 13.8. The molecular formula is C16H16F2N2O. The summed E-state index contributed by atoms with van der Waals surface area (Å²) in [4.78, 5) is 12.5. The highest BCUT2D eigenvalue weighted by Crippen LogP contribution is 2.24. The van der Waals surface area contributed by atoms with Crippen LogP contribution in [-0.4, -0.2) is 23.4 Å². The van der Waals surface area contributed by atoms with Gasteiger partial charge >= 0.3 is 0 Å². The maximum Gasteiger partial charge on any atom is 0.215 e. The van der Waals surface area contributed by atoms with Crippen molar-refractivity contribution in [3.05, 3.63) is 59.4 Å². The lowest BCUT2D eigenvalue weighted by molar-refractivity contribution is 0.101. The first-order chi connectivity index (χ1) is 10.2. The smallest absolute Gasteiger partial charge is 0.215 e. The van der Waals surface area contributed by atoms with Gasteiger partial charge in [0.05, 0.1) is 11.3 Å². The first kappa shape index (κ1) is 13.9. The Labute approximate surface area is 121 Å². The normalized spacial score (nSPS) is 16.1. The highest BCUT2D eigenvalue weighted by atomic mass is 19.1. The minimum absolute atomic E-state index is 0.190. The molecule has 0 saturated carbocycles. The molecule has 1 aliphatic heterocycles. The molecule has 5 heteroatoms. The van der Waals surface area contributed by atoms with Crippen LogP contribution in [0.3, 0.4) is 0 Å². The minimum Gasteiger partial charge on any atom is -0.342 e. The standard InChI is InChI=1S/C16H16F2N2O/c17-12-3-1-4-13(18)15(12)16(21)14-5-2-10-20(14)11-6-8-19-9-7-11/h1-5,10-11,19H,6-9H2. The van der Waals surface area contributed by atoms with Gasteiger partial charge in [0, 0.05) is 12.2 Å². The molecule has 0 spiro atoms. The Morgan fingerprint density at radius 1 is 1.10 bits per heavy atom. The van der Waals surface area contributed by atoms with Gasteiger partial charge < -0.3 is 9.88 Å². The molecule has 0 unspecified atom stereocenters. The molecule has 0 bridgehead atoms. The summed E-state index contributed by atoms with van der Waals surface area (Å²) in [6.45, 7) is 1.76. The van der Waals surface area contributed by atoms with Crippen molar-refractivity contribution in [2.24, 2.45) is 0 Å². The molecule has 1 aromatic heterocycles. The highest BCUT2D eigenvalue weighted by Gasteiger charge is 2.24. The predicted octanol–water partition coefficient (Wildman–Crippen LogP) is 2.92. The Hall–Kier alpha value is -2.01. The molecule has 3 nitrogen and oxygen atoms in total. The van der Waals surface area contributed by atoms with Gasteiger partial charge in [-0.1, -0.05) is 6.07 Å². The second kappa shape index (κ2) is 5.77. The van der Waals surface area contributed by atoms with E-state index >= 15 is 0 Å². The number of carbonyl (C=O) groups excluding carboxylic acids is 1. The van der Waals surface area contributed by atoms with Crippen molar-refractivity contribution in [3.63, 3.8) is 0 Å². The van der Waals surface area contributed by atoms with Crippen LogP contribution in [0.5, 0.6) is 0 Å². The number of halogens is 2. The molecule has 0 atom stereocenters. The first-order valence-electron chi connectivity index (χ1n) is 7.05. The molecule has 21 heavy (non-hydrogen) atoms. The minimum atomic E-state index is -0.821. The molecule has 1 aliphatic rings. The molecule has 2 heterocycles. The van der Waals surface area contributed by atoms with Crippen molar-refractivity contribution in [1.29, 1.82) is 0 Å². The summed E-state index contributed by atoms with van der Waals surface area (Å²) in [7, 11) is 0. The SMILES string of the molecule is O=C(c1c(F)cccc1F)c1cccn1C1CCNCC1. The number of rotatable bonds is 3. The zero-order chi connectivity index (χ0) is 14.8. The van der Waals surface area contributed by atoms with Crippen molar-refractivity contribution in [2.75, 3.05) is 13.1 Å². The van der Waals surface area contributed by atoms with E-state index in [4.69, 9.17) is 0 Å². The molecule has 110 valence electrons. The monoisotopic (exact) mass is 290 g/mol. The summed E-state index contributed by atoms with van der Waals surface area (Å²) in [5.41, 5.74) is -0.141. The number of carbonyl (C=O) groups is 1. The molecule has 1 fully saturated rings. The molecule has 1 saturated heterocycles. The second-order valence-electron chi connectivity index (χ2n) is 5.21. The number of benzene rings is 1. The van der Waals surface area contributed by atoms with Gasteiger partial charge in [-0.25, -0.2) is 8.78 Å². The number of hydrogen-bond acceptors (Lipinski definition) is 2. The van der Waals surface area contributed by atoms with Crippen LogP contribution in [0.15, 0.2) is 36.5 Å². The van der Waals surface area contributed by atoms with E-state index in [1.165, 1.54) is 6.07 Å². The Bertz CT molecular complexity index is 640. The second-order valence-corrected chi connectivity index (χ2v) is 5.21. The fraction of sp³-hybridized carbons (Fsp3) is 0.312. The summed E-state index contributed by atoms with van der Waals surface area (Å²) in [6, 6.07) is 7.02. The molecule has 1 N–H and O–H groups in total. The van der Waals surface area contributed by atoms with Crippen molar-refractivity contribution in [1.82, 2.24) is 9.88 Å². The lowest BCUT2D eigenvalue weighted by atomic mass is 10.0. The highest BCUT2D eigenvalue weighted by molar-refractivity contribution is 6.08. The van der Waals surface area contributed by atoms with Gasteiger partial charge in [-0.2, -0.15) is 0 Å². The van der Waals surface area contributed by atoms with E-state index in [9.17, 15) is 13.6 Å². The average Bonchev–Trinajstić information content (AvgIpc) is 2.97. The van der Waals surface area contributed by atoms with E-state index in [1.54, 1.807) is 12.1 Å². The first-order valence-corrected chi connectivity index (χ1v) is 7.05. The fourth-order valence-electron chi connectivity index (χ4n) is 2.83. The van der Waals surface area contributed by atoms with Crippen LogP contribution in [0.4, 0.5) is 8.78 Å². The van der Waals surface area contributed by atoms with Crippen LogP contribution in [-0.2, 0) is 0 Å². The number of piperidine rings is 1. The molecule has 1 aromatic carbocycles. The number of hydrogen-bond donors (Lipinski definition) is 1. The summed E-state index contributed by atoms with van der Waals surface area (Å²) in [6.07, 6.45) is 3.60. The van der Waals surface area contributed by atoms with E-state index in [1.807, 2.05) is 10.8 Å². The van der Waals surface area contributed by atoms with Crippen molar-refractivity contribution < 1.29 is 13.6 Å². The summed E-state index contributed by atoms with van der Waals surface area (Å²) in [5.74, 6) is -2.25. The third kappa shape index (κ3) is 2.61. The van der Waals surface area contributed by atoms with Crippen molar-refractivity contribution in [3.8, 4) is 0 Å². The van der Waals surface area contributed by atoms with E-state index < -0.39 is 23.0 Å². The number of nitrogens with zero attached hydrogens (tertiary/aromatic N) is 1. The van der Waals surface area contributed by atoms with Gasteiger partial charge in [0.1, 0.15) is 11.6 Å². The van der Waals surface area contributed by atoms with Crippen LogP contribution < -0.4 is 5.32 Å². The predicted molar refractivity (Wildman–Crippen MR) is 75.4 cm³/mol. The zero-order valence-corrected chi connectivity index (χ0v) is 11.5. The topological polar surface area (TPSA) is 34.0 Å². The third-order valence-electron chi connectivity index (χ3n) is 3.90. The van der Waals surface area contributed by atoms with E-state index in [-0.39, 0.29) is 6.04 Å². The number of ketones is 1. The maximum atomic E-state index is 13.8. The van der Waals surface area contributed by atoms with E-state index in [0.29, 0.717) is 5.69 Å². The van der Waals surface area contributed by atoms with E-state index in [0.717, 1.165) is 38.1 Å². The van der Waals surface area contributed by atoms with Crippen LogP contribution in [0.1, 0.15) is 34.9 Å². The van der Waals surface area contributed by atoms with Crippen molar-refractivity contribution in [2.45, 2.75) is 18.9 Å². The number of aromatic nitrogens is 1. The molecule has 3 rings (SSSR count). The lowest BCUT2D eigenvalue weighted by Gasteiger charge is -2.26. The lowest BCUT2D eigenvalue weighted by Crippen LogP contribution is -2.30. The number of nitrogens with one attached hydrogen (secondary N) is 1. The van der Waals surface area contributed by atoms with Crippen LogP contribution in [0.2, 0.25) is 0 Å². The van der Waals surface area contributed by atoms with Gasteiger partial charge in [0.15, 0.2) is 0 Å². The van der Waals surface area contributed by atoms with E-state index in [2.05, 4.69) is 5.32 Å². The average molecular weight is 290 g/mol. The Morgan fingerprint density at radius 2 is 1.76 bits per heavy atom. The quantitative estimate of drug-likeness (QED) is 0.882. The van der Waals surface area contributed by atoms with Gasteiger partial charge in [0.2, 0.25) is 5.78 Å². The van der Waals surface area contributed by atoms with Gasteiger partial charge in [-0.05, 0) is 50.2 Å². The van der Waals surface area contributed by atoms with Crippen molar-refractivity contribution >= 4 is 5.78 Å². The van der Waals surface area contributed by atoms with Gasteiger partial charge in [-0.3, -0.25) is 4.79 Å².